The first-order chi connectivity index (χ1) is 15.8. The molecule has 0 saturated carbocycles. The summed E-state index contributed by atoms with van der Waals surface area (Å²) < 4.78 is 33.4. The van der Waals surface area contributed by atoms with Crippen LogP contribution in [0.2, 0.25) is 0 Å². The number of allylic oxidation sites excluding steroid dienone is 1. The van der Waals surface area contributed by atoms with Gasteiger partial charge in [0.1, 0.15) is 12.4 Å². The van der Waals surface area contributed by atoms with Gasteiger partial charge in [0, 0.05) is 29.7 Å². The van der Waals surface area contributed by atoms with E-state index in [1.54, 1.807) is 18.2 Å². The van der Waals surface area contributed by atoms with Crippen LogP contribution in [-0.2, 0) is 21.4 Å². The van der Waals surface area contributed by atoms with Crippen molar-refractivity contribution in [1.29, 1.82) is 0 Å². The molecule has 3 aromatic rings. The number of aromatic nitrogens is 1. The van der Waals surface area contributed by atoms with Gasteiger partial charge in [-0.1, -0.05) is 30.4 Å². The van der Waals surface area contributed by atoms with Gasteiger partial charge >= 0.3 is 5.97 Å². The molecule has 1 aliphatic rings. The van der Waals surface area contributed by atoms with Crippen LogP contribution in [0.25, 0.3) is 10.9 Å². The lowest BCUT2D eigenvalue weighted by Gasteiger charge is -2.32. The Morgan fingerprint density at radius 2 is 1.82 bits per heavy atom. The molecule has 4 rings (SSSR count). The molecule has 0 bridgehead atoms. The van der Waals surface area contributed by atoms with Crippen LogP contribution in [0.1, 0.15) is 24.1 Å². The number of fused-ring (bicyclic) bond motifs is 1. The Hall–Kier alpha value is -3.23. The number of carboxylic acids is 1. The van der Waals surface area contributed by atoms with E-state index < -0.39 is 28.0 Å². The number of nitrogens with zero attached hydrogens (tertiary/aromatic N) is 2. The molecule has 33 heavy (non-hydrogen) atoms. The van der Waals surface area contributed by atoms with Crippen LogP contribution in [0.4, 0.5) is 0 Å². The molecule has 0 fully saturated rings. The first-order valence-electron chi connectivity index (χ1n) is 10.7. The summed E-state index contributed by atoms with van der Waals surface area (Å²) in [6.07, 6.45) is 4.30. The van der Waals surface area contributed by atoms with E-state index >= 15 is 0 Å². The molecule has 0 saturated heterocycles. The number of aryl methyl sites for hydroxylation is 1. The summed E-state index contributed by atoms with van der Waals surface area (Å²) in [6, 6.07) is 15.4. The maximum atomic E-state index is 13.1. The Kier molecular flexibility index (Phi) is 6.49. The molecule has 2 atom stereocenters. The number of aliphatic carboxylic acids is 1. The fourth-order valence-electron chi connectivity index (χ4n) is 4.19. The number of pyridine rings is 1. The third-order valence-corrected chi connectivity index (χ3v) is 7.90. The molecule has 1 heterocycles. The van der Waals surface area contributed by atoms with Crippen molar-refractivity contribution in [1.82, 2.24) is 9.29 Å². The van der Waals surface area contributed by atoms with Crippen molar-refractivity contribution in [3.63, 3.8) is 0 Å². The smallest absolute Gasteiger partial charge is 0.308 e. The second-order valence-corrected chi connectivity index (χ2v) is 10.2. The molecule has 7 nitrogen and oxygen atoms in total. The van der Waals surface area contributed by atoms with E-state index in [0.29, 0.717) is 25.2 Å². The normalized spacial score (nSPS) is 18.5. The van der Waals surface area contributed by atoms with Gasteiger partial charge in [-0.3, -0.25) is 9.78 Å². The van der Waals surface area contributed by atoms with Crippen LogP contribution < -0.4 is 4.74 Å². The molecule has 1 N–H and O–H groups in total. The third kappa shape index (κ3) is 4.77. The zero-order chi connectivity index (χ0) is 23.6. The molecule has 1 aliphatic carbocycles. The van der Waals surface area contributed by atoms with Gasteiger partial charge in [0.05, 0.1) is 16.3 Å². The summed E-state index contributed by atoms with van der Waals surface area (Å²) in [7, 11) is -2.41. The second-order valence-electron chi connectivity index (χ2n) is 8.18. The monoisotopic (exact) mass is 466 g/mol. The van der Waals surface area contributed by atoms with E-state index in [1.807, 2.05) is 43.3 Å². The zero-order valence-electron chi connectivity index (χ0n) is 18.5. The molecule has 0 aliphatic heterocycles. The van der Waals surface area contributed by atoms with Crippen LogP contribution in [-0.4, -0.2) is 41.9 Å². The lowest BCUT2D eigenvalue weighted by molar-refractivity contribution is -0.143. The van der Waals surface area contributed by atoms with E-state index in [9.17, 15) is 18.3 Å². The minimum Gasteiger partial charge on any atom is -0.489 e. The van der Waals surface area contributed by atoms with Crippen molar-refractivity contribution in [2.24, 2.45) is 5.92 Å². The molecular formula is C25H26N2O5S. The van der Waals surface area contributed by atoms with Crippen molar-refractivity contribution in [2.45, 2.75) is 37.3 Å². The highest BCUT2D eigenvalue weighted by Gasteiger charge is 2.37. The summed E-state index contributed by atoms with van der Waals surface area (Å²) >= 11 is 0. The lowest BCUT2D eigenvalue weighted by atomic mass is 9.89. The van der Waals surface area contributed by atoms with Gasteiger partial charge in [-0.25, -0.2) is 8.42 Å². The summed E-state index contributed by atoms with van der Waals surface area (Å²) in [5.41, 5.74) is 2.80. The predicted octanol–water partition coefficient (Wildman–Crippen LogP) is 4.16. The summed E-state index contributed by atoms with van der Waals surface area (Å²) in [5, 5.41) is 10.5. The van der Waals surface area contributed by atoms with Gasteiger partial charge in [0.25, 0.3) is 0 Å². The highest BCUT2D eigenvalue weighted by atomic mass is 32.2. The fraction of sp³-hybridized carbons (Fsp3) is 0.280. The Bertz CT molecular complexity index is 1300. The largest absolute Gasteiger partial charge is 0.489 e. The average Bonchev–Trinajstić information content (AvgIpc) is 2.82. The topological polar surface area (TPSA) is 96.8 Å². The number of rotatable bonds is 7. The first-order valence-corrected chi connectivity index (χ1v) is 12.2. The van der Waals surface area contributed by atoms with Gasteiger partial charge in [0.15, 0.2) is 0 Å². The van der Waals surface area contributed by atoms with Crippen LogP contribution in [0.15, 0.2) is 71.6 Å². The third-order valence-electron chi connectivity index (χ3n) is 6.01. The van der Waals surface area contributed by atoms with Crippen molar-refractivity contribution in [3.8, 4) is 5.75 Å². The van der Waals surface area contributed by atoms with E-state index in [0.717, 1.165) is 22.2 Å². The quantitative estimate of drug-likeness (QED) is 0.525. The van der Waals surface area contributed by atoms with Crippen molar-refractivity contribution in [2.75, 3.05) is 7.05 Å². The van der Waals surface area contributed by atoms with E-state index in [2.05, 4.69) is 4.98 Å². The number of sulfonamides is 1. The minimum absolute atomic E-state index is 0.0984. The standard InChI is InChI=1S/C25H26N2O5S/c1-17-15-18(21-7-3-5-9-23(21)26-17)16-32-19-11-13-20(14-12-19)33(30,31)27(2)24-10-6-4-8-22(24)25(28)29/h3-7,9,11-15,22,24H,8,10,16H2,1-2H3,(H,28,29)/t22-,24+/m1/s1. The zero-order valence-corrected chi connectivity index (χ0v) is 19.3. The van der Waals surface area contributed by atoms with Gasteiger partial charge in [-0.2, -0.15) is 4.31 Å². The Morgan fingerprint density at radius 3 is 2.55 bits per heavy atom. The lowest BCUT2D eigenvalue weighted by Crippen LogP contribution is -2.45. The number of benzene rings is 2. The van der Waals surface area contributed by atoms with Crippen molar-refractivity contribution in [3.05, 3.63) is 78.0 Å². The maximum Gasteiger partial charge on any atom is 0.308 e. The van der Waals surface area contributed by atoms with E-state index in [-0.39, 0.29) is 4.90 Å². The van der Waals surface area contributed by atoms with E-state index in [4.69, 9.17) is 4.74 Å². The highest BCUT2D eigenvalue weighted by molar-refractivity contribution is 7.89. The predicted molar refractivity (Wildman–Crippen MR) is 125 cm³/mol. The van der Waals surface area contributed by atoms with Gasteiger partial charge < -0.3 is 9.84 Å². The van der Waals surface area contributed by atoms with Crippen LogP contribution >= 0.6 is 0 Å². The average molecular weight is 467 g/mol. The molecule has 1 aromatic heterocycles. The number of hydrogen-bond acceptors (Lipinski definition) is 5. The summed E-state index contributed by atoms with van der Waals surface area (Å²) in [6.45, 7) is 2.26. The SMILES string of the molecule is Cc1cc(COc2ccc(S(=O)(=O)N(C)[C@H]3CC=CC[C@H]3C(=O)O)cc2)c2ccccc2n1. The Balaban J connectivity index is 1.50. The molecule has 8 heteroatoms. The number of para-hydroxylation sites is 1. The molecular weight excluding hydrogens is 440 g/mol. The van der Waals surface area contributed by atoms with E-state index in [1.165, 1.54) is 23.5 Å². The van der Waals surface area contributed by atoms with Gasteiger partial charge in [-0.05, 0) is 56.2 Å². The molecule has 0 spiro atoms. The molecule has 0 amide bonds. The number of carbonyl (C=O) groups is 1. The van der Waals surface area contributed by atoms with Crippen LogP contribution in [0.3, 0.4) is 0 Å². The number of carboxylic acid groups (broad SMARTS) is 1. The summed E-state index contributed by atoms with van der Waals surface area (Å²) in [4.78, 5) is 16.2. The highest BCUT2D eigenvalue weighted by Crippen LogP contribution is 2.29. The molecule has 172 valence electrons. The number of hydrogen-bond donors (Lipinski definition) is 1. The fourth-order valence-corrected chi connectivity index (χ4v) is 5.60. The first kappa shape index (κ1) is 22.9. The minimum atomic E-state index is -3.85. The van der Waals surface area contributed by atoms with Crippen LogP contribution in [0, 0.1) is 12.8 Å². The van der Waals surface area contributed by atoms with Gasteiger partial charge in [0.2, 0.25) is 10.0 Å². The Morgan fingerprint density at radius 1 is 1.12 bits per heavy atom. The number of ether oxygens (including phenoxy) is 1. The summed E-state index contributed by atoms with van der Waals surface area (Å²) in [5.74, 6) is -1.22. The molecule has 2 aromatic carbocycles. The Labute approximate surface area is 193 Å². The molecule has 0 unspecified atom stereocenters. The van der Waals surface area contributed by atoms with Crippen molar-refractivity contribution >= 4 is 26.9 Å². The van der Waals surface area contributed by atoms with Crippen LogP contribution in [0.5, 0.6) is 5.75 Å². The molecule has 0 radical (unpaired) electrons. The second kappa shape index (κ2) is 9.33. The maximum absolute atomic E-state index is 13.1. The van der Waals surface area contributed by atoms with Gasteiger partial charge in [-0.15, -0.1) is 0 Å². The van der Waals surface area contributed by atoms with Crippen molar-refractivity contribution < 1.29 is 23.1 Å².